The molecule has 1 aromatic heterocycles. The Balaban J connectivity index is 1.55. The van der Waals surface area contributed by atoms with Gasteiger partial charge in [-0.15, -0.1) is 0 Å². The Bertz CT molecular complexity index is 1470. The van der Waals surface area contributed by atoms with Gasteiger partial charge < -0.3 is 9.30 Å². The minimum atomic E-state index is -3.77. The fourth-order valence-electron chi connectivity index (χ4n) is 3.02. The van der Waals surface area contributed by atoms with E-state index in [1.807, 2.05) is 23.7 Å². The Labute approximate surface area is 193 Å². The number of sulfonamides is 1. The van der Waals surface area contributed by atoms with Crippen LogP contribution in [0.25, 0.3) is 10.2 Å². The average Bonchev–Trinajstić information content (AvgIpc) is 3.08. The number of nitrogens with one attached hydrogen (secondary N) is 1. The molecule has 0 saturated carbocycles. The number of ether oxygens (including phenoxy) is 1. The third-order valence-corrected chi connectivity index (χ3v) is 7.45. The molecule has 7 nitrogen and oxygen atoms in total. The summed E-state index contributed by atoms with van der Waals surface area (Å²) in [5.41, 5.74) is 1.60. The summed E-state index contributed by atoms with van der Waals surface area (Å²) in [6, 6.07) is 17.6. The molecule has 10 heteroatoms. The molecule has 4 rings (SSSR count). The summed E-state index contributed by atoms with van der Waals surface area (Å²) < 4.78 is 35.4. The highest BCUT2D eigenvalue weighted by atomic mass is 35.5. The van der Waals surface area contributed by atoms with E-state index in [1.165, 1.54) is 54.8 Å². The molecule has 3 aromatic carbocycles. The van der Waals surface area contributed by atoms with Crippen LogP contribution in [0, 0.1) is 0 Å². The zero-order chi connectivity index (χ0) is 22.9. The van der Waals surface area contributed by atoms with Crippen molar-refractivity contribution in [2.24, 2.45) is 12.0 Å². The van der Waals surface area contributed by atoms with E-state index in [1.54, 1.807) is 18.2 Å². The number of hydrogen-bond acceptors (Lipinski definition) is 5. The van der Waals surface area contributed by atoms with Crippen molar-refractivity contribution in [2.75, 3.05) is 11.8 Å². The van der Waals surface area contributed by atoms with Gasteiger partial charge in [0.15, 0.2) is 4.80 Å². The summed E-state index contributed by atoms with van der Waals surface area (Å²) in [4.78, 5) is 17.5. The van der Waals surface area contributed by atoms with E-state index in [0.717, 1.165) is 10.2 Å². The predicted molar refractivity (Wildman–Crippen MR) is 126 cm³/mol. The number of anilines is 1. The standard InChI is InChI=1S/C22H18ClN3O4S2/c1-26-19-12-5-15(23)13-20(19)31-22(26)24-21(27)14-3-6-16(7-4-14)25-32(28,29)18-10-8-17(30-2)9-11-18/h3-13,25H,1-2H3. The van der Waals surface area contributed by atoms with Gasteiger partial charge in [0.2, 0.25) is 0 Å². The van der Waals surface area contributed by atoms with E-state index >= 15 is 0 Å². The fraction of sp³-hybridized carbons (Fsp3) is 0.0909. The molecule has 1 N–H and O–H groups in total. The first-order chi connectivity index (χ1) is 15.3. The highest BCUT2D eigenvalue weighted by Crippen LogP contribution is 2.22. The van der Waals surface area contributed by atoms with Gasteiger partial charge in [0.05, 0.1) is 22.2 Å². The Morgan fingerprint density at radius 1 is 1.06 bits per heavy atom. The van der Waals surface area contributed by atoms with Crippen LogP contribution in [0.3, 0.4) is 0 Å². The molecule has 4 aromatic rings. The Morgan fingerprint density at radius 2 is 1.75 bits per heavy atom. The molecule has 0 radical (unpaired) electrons. The number of nitrogens with zero attached hydrogens (tertiary/aromatic N) is 2. The zero-order valence-corrected chi connectivity index (χ0v) is 19.5. The summed E-state index contributed by atoms with van der Waals surface area (Å²) in [5.74, 6) is 0.133. The van der Waals surface area contributed by atoms with Crippen LogP contribution >= 0.6 is 22.9 Å². The number of amides is 1. The number of halogens is 1. The van der Waals surface area contributed by atoms with E-state index in [0.29, 0.717) is 26.8 Å². The summed E-state index contributed by atoms with van der Waals surface area (Å²) in [7, 11) is -0.434. The quantitative estimate of drug-likeness (QED) is 0.450. The molecule has 0 aliphatic heterocycles. The molecule has 1 heterocycles. The second-order valence-electron chi connectivity index (χ2n) is 6.83. The van der Waals surface area contributed by atoms with Crippen LogP contribution in [0.5, 0.6) is 5.75 Å². The molecule has 0 saturated heterocycles. The van der Waals surface area contributed by atoms with Gasteiger partial charge in [-0.2, -0.15) is 4.99 Å². The summed E-state index contributed by atoms with van der Waals surface area (Å²) in [6.45, 7) is 0. The number of carbonyl (C=O) groups excluding carboxylic acids is 1. The maximum atomic E-state index is 12.6. The first-order valence-electron chi connectivity index (χ1n) is 9.38. The largest absolute Gasteiger partial charge is 0.497 e. The van der Waals surface area contributed by atoms with Crippen LogP contribution in [0.4, 0.5) is 5.69 Å². The van der Waals surface area contributed by atoms with Crippen LogP contribution in [0.1, 0.15) is 10.4 Å². The molecule has 32 heavy (non-hydrogen) atoms. The average molecular weight is 488 g/mol. The van der Waals surface area contributed by atoms with E-state index in [9.17, 15) is 13.2 Å². The number of aromatic nitrogens is 1. The number of benzene rings is 3. The van der Waals surface area contributed by atoms with Crippen LogP contribution in [0.15, 0.2) is 76.6 Å². The van der Waals surface area contributed by atoms with Gasteiger partial charge in [-0.05, 0) is 66.7 Å². The Morgan fingerprint density at radius 3 is 2.41 bits per heavy atom. The number of methoxy groups -OCH3 is 1. The van der Waals surface area contributed by atoms with Gasteiger partial charge in [0, 0.05) is 23.3 Å². The lowest BCUT2D eigenvalue weighted by atomic mass is 10.2. The first kappa shape index (κ1) is 22.1. The van der Waals surface area contributed by atoms with Gasteiger partial charge in [-0.25, -0.2) is 8.42 Å². The van der Waals surface area contributed by atoms with Crippen LogP contribution in [-0.2, 0) is 17.1 Å². The third kappa shape index (κ3) is 4.55. The number of rotatable bonds is 5. The lowest BCUT2D eigenvalue weighted by Gasteiger charge is -2.09. The lowest BCUT2D eigenvalue weighted by Crippen LogP contribution is -2.14. The highest BCUT2D eigenvalue weighted by molar-refractivity contribution is 7.92. The molecule has 1 amide bonds. The monoisotopic (exact) mass is 487 g/mol. The molecule has 164 valence electrons. The van der Waals surface area contributed by atoms with Gasteiger partial charge >= 0.3 is 0 Å². The van der Waals surface area contributed by atoms with Crippen molar-refractivity contribution >= 4 is 54.8 Å². The Kier molecular flexibility index (Phi) is 6.05. The molecule has 0 bridgehead atoms. The minimum Gasteiger partial charge on any atom is -0.497 e. The van der Waals surface area contributed by atoms with Gasteiger partial charge in [0.25, 0.3) is 15.9 Å². The molecular weight excluding hydrogens is 470 g/mol. The summed E-state index contributed by atoms with van der Waals surface area (Å²) in [6.07, 6.45) is 0. The summed E-state index contributed by atoms with van der Waals surface area (Å²) in [5, 5.41) is 0.616. The van der Waals surface area contributed by atoms with Crippen molar-refractivity contribution in [3.05, 3.63) is 82.1 Å². The summed E-state index contributed by atoms with van der Waals surface area (Å²) >= 11 is 7.40. The van der Waals surface area contributed by atoms with E-state index in [-0.39, 0.29) is 4.90 Å². The number of fused-ring (bicyclic) bond motifs is 1. The lowest BCUT2D eigenvalue weighted by molar-refractivity contribution is 0.0998. The third-order valence-electron chi connectivity index (χ3n) is 4.72. The zero-order valence-electron chi connectivity index (χ0n) is 17.1. The van der Waals surface area contributed by atoms with Crippen molar-refractivity contribution in [2.45, 2.75) is 4.90 Å². The molecule has 0 unspecified atom stereocenters. The fourth-order valence-corrected chi connectivity index (χ4v) is 5.37. The second-order valence-corrected chi connectivity index (χ2v) is 9.96. The van der Waals surface area contributed by atoms with Crippen molar-refractivity contribution in [1.82, 2.24) is 4.57 Å². The van der Waals surface area contributed by atoms with Crippen molar-refractivity contribution < 1.29 is 17.9 Å². The first-order valence-corrected chi connectivity index (χ1v) is 12.1. The number of hydrogen-bond donors (Lipinski definition) is 1. The normalized spacial score (nSPS) is 12.2. The second kappa shape index (κ2) is 8.78. The predicted octanol–water partition coefficient (Wildman–Crippen LogP) is 4.44. The molecule has 0 atom stereocenters. The van der Waals surface area contributed by atoms with Gasteiger partial charge in [-0.1, -0.05) is 22.9 Å². The van der Waals surface area contributed by atoms with Crippen molar-refractivity contribution in [1.29, 1.82) is 0 Å². The maximum Gasteiger partial charge on any atom is 0.279 e. The molecule has 0 aliphatic carbocycles. The van der Waals surface area contributed by atoms with Crippen LogP contribution < -0.4 is 14.3 Å². The van der Waals surface area contributed by atoms with Gasteiger partial charge in [0.1, 0.15) is 5.75 Å². The van der Waals surface area contributed by atoms with E-state index in [4.69, 9.17) is 16.3 Å². The van der Waals surface area contributed by atoms with Crippen LogP contribution in [-0.4, -0.2) is 26.0 Å². The minimum absolute atomic E-state index is 0.103. The van der Waals surface area contributed by atoms with Gasteiger partial charge in [-0.3, -0.25) is 9.52 Å². The molecule has 0 fully saturated rings. The van der Waals surface area contributed by atoms with Crippen LogP contribution in [0.2, 0.25) is 5.02 Å². The molecule has 0 aliphatic rings. The smallest absolute Gasteiger partial charge is 0.279 e. The molecule has 0 spiro atoms. The maximum absolute atomic E-state index is 12.6. The highest BCUT2D eigenvalue weighted by Gasteiger charge is 2.15. The molecular formula is C22H18ClN3O4S2. The number of carbonyl (C=O) groups is 1. The van der Waals surface area contributed by atoms with E-state index in [2.05, 4.69) is 9.71 Å². The topological polar surface area (TPSA) is 89.8 Å². The Hall–Kier alpha value is -3.14. The van der Waals surface area contributed by atoms with E-state index < -0.39 is 15.9 Å². The van der Waals surface area contributed by atoms with Crippen molar-refractivity contribution in [3.63, 3.8) is 0 Å². The number of thiazole rings is 1. The van der Waals surface area contributed by atoms with Crippen molar-refractivity contribution in [3.8, 4) is 5.75 Å². The SMILES string of the molecule is COc1ccc(S(=O)(=O)Nc2ccc(C(=O)N=c3sc4cc(Cl)ccc4n3C)cc2)cc1. The number of aryl methyl sites for hydroxylation is 1.